The van der Waals surface area contributed by atoms with E-state index in [9.17, 15) is 14.0 Å². The van der Waals surface area contributed by atoms with Crippen LogP contribution in [0.5, 0.6) is 0 Å². The predicted octanol–water partition coefficient (Wildman–Crippen LogP) is 3.95. The third kappa shape index (κ3) is 4.15. The van der Waals surface area contributed by atoms with Gasteiger partial charge in [0.15, 0.2) is 4.34 Å². The van der Waals surface area contributed by atoms with Gasteiger partial charge >= 0.3 is 5.97 Å². The van der Waals surface area contributed by atoms with Crippen LogP contribution in [-0.2, 0) is 9.53 Å². The number of benzene rings is 2. The number of thioether (sulfide) groups is 1. The fourth-order valence-electron chi connectivity index (χ4n) is 2.11. The van der Waals surface area contributed by atoms with Crippen molar-refractivity contribution in [3.8, 4) is 0 Å². The van der Waals surface area contributed by atoms with E-state index in [0.29, 0.717) is 5.69 Å². The molecule has 1 N–H and O–H groups in total. The summed E-state index contributed by atoms with van der Waals surface area (Å²) in [6.45, 7) is 0. The Morgan fingerprint density at radius 1 is 1.28 bits per heavy atom. The number of methoxy groups -OCH3 is 1. The van der Waals surface area contributed by atoms with Crippen LogP contribution in [0.3, 0.4) is 0 Å². The molecule has 0 saturated heterocycles. The maximum atomic E-state index is 13.6. The van der Waals surface area contributed by atoms with Crippen LogP contribution in [0, 0.1) is 5.82 Å². The lowest BCUT2D eigenvalue weighted by atomic mass is 10.2. The Balaban J connectivity index is 1.63. The van der Waals surface area contributed by atoms with Gasteiger partial charge in [0.1, 0.15) is 5.82 Å². The average molecular weight is 376 g/mol. The zero-order chi connectivity index (χ0) is 17.8. The van der Waals surface area contributed by atoms with Crippen molar-refractivity contribution < 1.29 is 18.7 Å². The van der Waals surface area contributed by atoms with Crippen LogP contribution < -0.4 is 5.32 Å². The van der Waals surface area contributed by atoms with E-state index in [1.165, 1.54) is 42.3 Å². The van der Waals surface area contributed by atoms with Gasteiger partial charge in [0, 0.05) is 5.69 Å². The van der Waals surface area contributed by atoms with Crippen molar-refractivity contribution >= 4 is 50.9 Å². The highest BCUT2D eigenvalue weighted by Gasteiger charge is 2.14. The third-order valence-corrected chi connectivity index (χ3v) is 5.44. The first kappa shape index (κ1) is 17.4. The van der Waals surface area contributed by atoms with E-state index >= 15 is 0 Å². The molecular formula is C17H13FN2O3S2. The molecule has 1 heterocycles. The van der Waals surface area contributed by atoms with Gasteiger partial charge in [0.2, 0.25) is 5.91 Å². The second-order valence-electron chi connectivity index (χ2n) is 4.97. The molecule has 0 unspecified atom stereocenters. The monoisotopic (exact) mass is 376 g/mol. The fraction of sp³-hybridized carbons (Fsp3) is 0.118. The van der Waals surface area contributed by atoms with Crippen LogP contribution in [0.4, 0.5) is 10.1 Å². The number of amides is 1. The summed E-state index contributed by atoms with van der Waals surface area (Å²) in [5.41, 5.74) is 1.01. The van der Waals surface area contributed by atoms with Crippen LogP contribution in [0.15, 0.2) is 46.8 Å². The first-order valence-corrected chi connectivity index (χ1v) is 9.03. The summed E-state index contributed by atoms with van der Waals surface area (Å²) in [5.74, 6) is -1.61. The summed E-state index contributed by atoms with van der Waals surface area (Å²) in [6.07, 6.45) is 0. The van der Waals surface area contributed by atoms with E-state index in [1.807, 2.05) is 24.3 Å². The van der Waals surface area contributed by atoms with Gasteiger partial charge in [0.25, 0.3) is 0 Å². The van der Waals surface area contributed by atoms with E-state index in [4.69, 9.17) is 0 Å². The second kappa shape index (κ2) is 7.62. The van der Waals surface area contributed by atoms with Gasteiger partial charge in [-0.1, -0.05) is 23.9 Å². The summed E-state index contributed by atoms with van der Waals surface area (Å²) in [5, 5.41) is 2.64. The first-order chi connectivity index (χ1) is 12.1. The molecule has 128 valence electrons. The van der Waals surface area contributed by atoms with Gasteiger partial charge < -0.3 is 10.1 Å². The number of ether oxygens (including phenoxy) is 1. The number of nitrogens with zero attached hydrogens (tertiary/aromatic N) is 1. The zero-order valence-electron chi connectivity index (χ0n) is 13.1. The van der Waals surface area contributed by atoms with Crippen molar-refractivity contribution in [1.29, 1.82) is 0 Å². The SMILES string of the molecule is COC(=O)c1cc(NC(=O)CSc2nc3ccccc3s2)ccc1F. The molecule has 0 bridgehead atoms. The van der Waals surface area contributed by atoms with Crippen molar-refractivity contribution in [1.82, 2.24) is 4.98 Å². The molecular weight excluding hydrogens is 363 g/mol. The second-order valence-corrected chi connectivity index (χ2v) is 7.22. The Labute approximate surface area is 151 Å². The summed E-state index contributed by atoms with van der Waals surface area (Å²) in [7, 11) is 1.17. The molecule has 0 fully saturated rings. The fourth-order valence-corrected chi connectivity index (χ4v) is 3.98. The Morgan fingerprint density at radius 3 is 2.84 bits per heavy atom. The highest BCUT2D eigenvalue weighted by molar-refractivity contribution is 8.01. The van der Waals surface area contributed by atoms with Crippen molar-refractivity contribution in [2.45, 2.75) is 4.34 Å². The highest BCUT2D eigenvalue weighted by atomic mass is 32.2. The molecule has 3 aromatic rings. The number of hydrogen-bond donors (Lipinski definition) is 1. The summed E-state index contributed by atoms with van der Waals surface area (Å²) < 4.78 is 20.0. The first-order valence-electron chi connectivity index (χ1n) is 7.23. The van der Waals surface area contributed by atoms with Crippen molar-refractivity contribution in [2.24, 2.45) is 0 Å². The molecule has 1 amide bonds. The minimum absolute atomic E-state index is 0.157. The average Bonchev–Trinajstić information content (AvgIpc) is 3.04. The lowest BCUT2D eigenvalue weighted by molar-refractivity contribution is -0.113. The number of fused-ring (bicyclic) bond motifs is 1. The predicted molar refractivity (Wildman–Crippen MR) is 96.7 cm³/mol. The Morgan fingerprint density at radius 2 is 2.08 bits per heavy atom. The highest BCUT2D eigenvalue weighted by Crippen LogP contribution is 2.29. The Bertz CT molecular complexity index is 910. The molecule has 1 aromatic heterocycles. The number of anilines is 1. The van der Waals surface area contributed by atoms with Crippen LogP contribution in [-0.4, -0.2) is 29.7 Å². The molecule has 0 atom stereocenters. The van der Waals surface area contributed by atoms with Gasteiger partial charge in [-0.3, -0.25) is 4.79 Å². The standard InChI is InChI=1S/C17H13FN2O3S2/c1-23-16(22)11-8-10(6-7-12(11)18)19-15(21)9-24-17-20-13-4-2-3-5-14(13)25-17/h2-8H,9H2,1H3,(H,19,21). The van der Waals surface area contributed by atoms with Crippen LogP contribution in [0.25, 0.3) is 10.2 Å². The van der Waals surface area contributed by atoms with Gasteiger partial charge in [-0.15, -0.1) is 11.3 Å². The molecule has 0 aliphatic rings. The molecule has 25 heavy (non-hydrogen) atoms. The van der Waals surface area contributed by atoms with E-state index < -0.39 is 11.8 Å². The number of para-hydroxylation sites is 1. The lowest BCUT2D eigenvalue weighted by Crippen LogP contribution is -2.15. The maximum Gasteiger partial charge on any atom is 0.340 e. The van der Waals surface area contributed by atoms with Gasteiger partial charge in [-0.2, -0.15) is 0 Å². The van der Waals surface area contributed by atoms with E-state index in [1.54, 1.807) is 0 Å². The summed E-state index contributed by atoms with van der Waals surface area (Å²) >= 11 is 2.84. The van der Waals surface area contributed by atoms with Crippen molar-refractivity contribution in [2.75, 3.05) is 18.2 Å². The number of nitrogens with one attached hydrogen (secondary N) is 1. The number of rotatable bonds is 5. The number of esters is 1. The van der Waals surface area contributed by atoms with Crippen molar-refractivity contribution in [3.05, 3.63) is 53.8 Å². The van der Waals surface area contributed by atoms with Gasteiger partial charge in [0.05, 0.1) is 28.6 Å². The van der Waals surface area contributed by atoms with Crippen molar-refractivity contribution in [3.63, 3.8) is 0 Å². The molecule has 0 aliphatic carbocycles. The Kier molecular flexibility index (Phi) is 5.30. The number of carbonyl (C=O) groups excluding carboxylic acids is 2. The molecule has 5 nitrogen and oxygen atoms in total. The molecule has 0 radical (unpaired) electrons. The molecule has 3 rings (SSSR count). The van der Waals surface area contributed by atoms with E-state index in [0.717, 1.165) is 20.6 Å². The zero-order valence-corrected chi connectivity index (χ0v) is 14.7. The number of hydrogen-bond acceptors (Lipinski definition) is 6. The molecule has 8 heteroatoms. The molecule has 0 spiro atoms. The summed E-state index contributed by atoms with van der Waals surface area (Å²) in [6, 6.07) is 11.5. The molecule has 0 saturated carbocycles. The number of carbonyl (C=O) groups is 2. The minimum atomic E-state index is -0.794. The smallest absolute Gasteiger partial charge is 0.340 e. The van der Waals surface area contributed by atoms with Crippen LogP contribution >= 0.6 is 23.1 Å². The molecule has 2 aromatic carbocycles. The maximum absolute atomic E-state index is 13.6. The molecule has 0 aliphatic heterocycles. The quantitative estimate of drug-likeness (QED) is 0.539. The Hall–Kier alpha value is -2.45. The normalized spacial score (nSPS) is 10.6. The van der Waals surface area contributed by atoms with Gasteiger partial charge in [-0.25, -0.2) is 14.2 Å². The number of halogens is 1. The topological polar surface area (TPSA) is 68.3 Å². The van der Waals surface area contributed by atoms with E-state index in [2.05, 4.69) is 15.0 Å². The largest absolute Gasteiger partial charge is 0.465 e. The summed E-state index contributed by atoms with van der Waals surface area (Å²) in [4.78, 5) is 28.0. The van der Waals surface area contributed by atoms with Crippen LogP contribution in [0.1, 0.15) is 10.4 Å². The number of aromatic nitrogens is 1. The minimum Gasteiger partial charge on any atom is -0.465 e. The van der Waals surface area contributed by atoms with Crippen LogP contribution in [0.2, 0.25) is 0 Å². The van der Waals surface area contributed by atoms with E-state index in [-0.39, 0.29) is 17.2 Å². The third-order valence-electron chi connectivity index (χ3n) is 3.26. The lowest BCUT2D eigenvalue weighted by Gasteiger charge is -2.07. The van der Waals surface area contributed by atoms with Gasteiger partial charge in [-0.05, 0) is 30.3 Å². The number of thiazole rings is 1.